The van der Waals surface area contributed by atoms with Gasteiger partial charge in [0.1, 0.15) is 5.75 Å². The first kappa shape index (κ1) is 17.8. The highest BCUT2D eigenvalue weighted by atomic mass is 32.2. The number of likely N-dealkylation sites (N-methyl/N-ethyl adjacent to an activating group) is 1. The van der Waals surface area contributed by atoms with Gasteiger partial charge in [0, 0.05) is 7.05 Å². The van der Waals surface area contributed by atoms with Crippen LogP contribution >= 0.6 is 0 Å². The third-order valence-corrected chi connectivity index (χ3v) is 4.83. The van der Waals surface area contributed by atoms with Crippen LogP contribution in [0.5, 0.6) is 5.75 Å². The normalized spacial score (nSPS) is 12.3. The number of amides is 1. The molecule has 2 aromatic carbocycles. The van der Waals surface area contributed by atoms with E-state index < -0.39 is 16.1 Å². The molecule has 0 bridgehead atoms. The molecule has 0 heterocycles. The predicted octanol–water partition coefficient (Wildman–Crippen LogP) is 2.31. The highest BCUT2D eigenvalue weighted by molar-refractivity contribution is 7.92. The minimum Gasteiger partial charge on any atom is -0.481 e. The van der Waals surface area contributed by atoms with Gasteiger partial charge in [-0.25, -0.2) is 8.42 Å². The number of para-hydroxylation sites is 1. The lowest BCUT2D eigenvalue weighted by Gasteiger charge is -2.14. The van der Waals surface area contributed by atoms with E-state index in [1.165, 1.54) is 31.3 Å². The molecule has 0 aromatic heterocycles. The fourth-order valence-electron chi connectivity index (χ4n) is 2.05. The summed E-state index contributed by atoms with van der Waals surface area (Å²) in [5.41, 5.74) is 1.37. The van der Waals surface area contributed by atoms with Gasteiger partial charge in [-0.1, -0.05) is 18.2 Å². The van der Waals surface area contributed by atoms with Crippen molar-refractivity contribution in [1.82, 2.24) is 5.32 Å². The number of anilines is 1. The first-order valence-electron chi connectivity index (χ1n) is 7.40. The van der Waals surface area contributed by atoms with Crippen molar-refractivity contribution in [2.24, 2.45) is 0 Å². The van der Waals surface area contributed by atoms with Gasteiger partial charge in [0.2, 0.25) is 0 Å². The van der Waals surface area contributed by atoms with Gasteiger partial charge in [-0.3, -0.25) is 9.52 Å². The molecule has 2 rings (SSSR count). The molecule has 6 nitrogen and oxygen atoms in total. The minimum absolute atomic E-state index is 0.116. The lowest BCUT2D eigenvalue weighted by atomic mass is 10.2. The van der Waals surface area contributed by atoms with Crippen LogP contribution in [0.1, 0.15) is 12.5 Å². The first-order chi connectivity index (χ1) is 11.3. The number of hydrogen-bond acceptors (Lipinski definition) is 4. The Labute approximate surface area is 141 Å². The Bertz CT molecular complexity index is 817. The smallest absolute Gasteiger partial charge is 0.261 e. The zero-order valence-electron chi connectivity index (χ0n) is 13.7. The van der Waals surface area contributed by atoms with Crippen LogP contribution in [0, 0.1) is 6.92 Å². The van der Waals surface area contributed by atoms with E-state index in [1.807, 2.05) is 19.1 Å². The third-order valence-electron chi connectivity index (χ3n) is 3.45. The second kappa shape index (κ2) is 7.35. The van der Waals surface area contributed by atoms with Crippen LogP contribution in [0.3, 0.4) is 0 Å². The monoisotopic (exact) mass is 348 g/mol. The molecule has 24 heavy (non-hydrogen) atoms. The Hall–Kier alpha value is -2.54. The summed E-state index contributed by atoms with van der Waals surface area (Å²) in [7, 11) is -2.16. The van der Waals surface area contributed by atoms with E-state index in [-0.39, 0.29) is 10.8 Å². The highest BCUT2D eigenvalue weighted by Gasteiger charge is 2.16. The van der Waals surface area contributed by atoms with Crippen molar-refractivity contribution in [3.8, 4) is 5.75 Å². The van der Waals surface area contributed by atoms with Gasteiger partial charge in [-0.05, 0) is 49.7 Å². The number of benzene rings is 2. The van der Waals surface area contributed by atoms with Gasteiger partial charge in [0.15, 0.2) is 6.10 Å². The number of carbonyl (C=O) groups is 1. The zero-order chi connectivity index (χ0) is 17.7. The molecule has 0 aliphatic carbocycles. The first-order valence-corrected chi connectivity index (χ1v) is 8.88. The molecule has 0 saturated heterocycles. The van der Waals surface area contributed by atoms with Gasteiger partial charge in [-0.15, -0.1) is 0 Å². The fourth-order valence-corrected chi connectivity index (χ4v) is 3.18. The molecular weight excluding hydrogens is 328 g/mol. The van der Waals surface area contributed by atoms with Crippen molar-refractivity contribution in [3.63, 3.8) is 0 Å². The largest absolute Gasteiger partial charge is 0.481 e. The molecule has 2 N–H and O–H groups in total. The number of aryl methyl sites for hydroxylation is 1. The molecule has 0 radical (unpaired) electrons. The van der Waals surface area contributed by atoms with E-state index >= 15 is 0 Å². The van der Waals surface area contributed by atoms with Crippen molar-refractivity contribution in [1.29, 1.82) is 0 Å². The summed E-state index contributed by atoms with van der Waals surface area (Å²) in [6.45, 7) is 3.44. The number of nitrogens with one attached hydrogen (secondary N) is 2. The predicted molar refractivity (Wildman–Crippen MR) is 92.6 cm³/mol. The number of rotatable bonds is 6. The van der Waals surface area contributed by atoms with Gasteiger partial charge >= 0.3 is 0 Å². The molecule has 1 atom stereocenters. The van der Waals surface area contributed by atoms with E-state index in [0.29, 0.717) is 11.4 Å². The third kappa shape index (κ3) is 4.26. The van der Waals surface area contributed by atoms with Crippen molar-refractivity contribution in [3.05, 3.63) is 54.1 Å². The SMILES string of the molecule is CNC(=O)[C@H](C)Oc1ccc(S(=O)(=O)Nc2ccccc2C)cc1. The Morgan fingerprint density at radius 2 is 1.71 bits per heavy atom. The fraction of sp³-hybridized carbons (Fsp3) is 0.235. The second-order valence-electron chi connectivity index (χ2n) is 5.27. The molecule has 0 unspecified atom stereocenters. The number of ether oxygens (including phenoxy) is 1. The highest BCUT2D eigenvalue weighted by Crippen LogP contribution is 2.21. The van der Waals surface area contributed by atoms with Crippen LogP contribution in [0.15, 0.2) is 53.4 Å². The number of carbonyl (C=O) groups excluding carboxylic acids is 1. The maximum absolute atomic E-state index is 12.4. The van der Waals surface area contributed by atoms with Gasteiger partial charge in [-0.2, -0.15) is 0 Å². The maximum atomic E-state index is 12.4. The van der Waals surface area contributed by atoms with E-state index in [9.17, 15) is 13.2 Å². The maximum Gasteiger partial charge on any atom is 0.261 e. The zero-order valence-corrected chi connectivity index (χ0v) is 14.6. The van der Waals surface area contributed by atoms with Crippen molar-refractivity contribution in [2.75, 3.05) is 11.8 Å². The molecular formula is C17H20N2O4S. The standard InChI is InChI=1S/C17H20N2O4S/c1-12-6-4-5-7-16(12)19-24(21,22)15-10-8-14(9-11-15)23-13(2)17(20)18-3/h4-11,13,19H,1-3H3,(H,18,20)/t13-/m0/s1. The molecule has 0 saturated carbocycles. The molecule has 0 fully saturated rings. The molecule has 2 aromatic rings. The van der Waals surface area contributed by atoms with E-state index in [0.717, 1.165) is 5.56 Å². The molecule has 0 spiro atoms. The summed E-state index contributed by atoms with van der Waals surface area (Å²) in [4.78, 5) is 11.6. The van der Waals surface area contributed by atoms with Crippen LogP contribution in [-0.2, 0) is 14.8 Å². The van der Waals surface area contributed by atoms with E-state index in [2.05, 4.69) is 10.0 Å². The van der Waals surface area contributed by atoms with E-state index in [1.54, 1.807) is 19.1 Å². The molecule has 0 aliphatic heterocycles. The van der Waals surface area contributed by atoms with Crippen LogP contribution in [0.25, 0.3) is 0 Å². The number of hydrogen-bond donors (Lipinski definition) is 2. The van der Waals surface area contributed by atoms with Crippen LogP contribution in [-0.4, -0.2) is 27.5 Å². The van der Waals surface area contributed by atoms with Gasteiger partial charge < -0.3 is 10.1 Å². The lowest BCUT2D eigenvalue weighted by Crippen LogP contribution is -2.33. The Balaban J connectivity index is 2.14. The molecule has 7 heteroatoms. The lowest BCUT2D eigenvalue weighted by molar-refractivity contribution is -0.126. The number of sulfonamides is 1. The topological polar surface area (TPSA) is 84.5 Å². The van der Waals surface area contributed by atoms with Crippen LogP contribution in [0.2, 0.25) is 0 Å². The van der Waals surface area contributed by atoms with Crippen molar-refractivity contribution in [2.45, 2.75) is 24.8 Å². The quantitative estimate of drug-likeness (QED) is 0.839. The van der Waals surface area contributed by atoms with Gasteiger partial charge in [0.05, 0.1) is 10.6 Å². The summed E-state index contributed by atoms with van der Waals surface area (Å²) in [6.07, 6.45) is -0.664. The summed E-state index contributed by atoms with van der Waals surface area (Å²) in [5.74, 6) is 0.161. The molecule has 0 aliphatic rings. The Morgan fingerprint density at radius 1 is 1.08 bits per heavy atom. The van der Waals surface area contributed by atoms with E-state index in [4.69, 9.17) is 4.74 Å². The van der Waals surface area contributed by atoms with Crippen LogP contribution < -0.4 is 14.8 Å². The second-order valence-corrected chi connectivity index (χ2v) is 6.95. The van der Waals surface area contributed by atoms with Gasteiger partial charge in [0.25, 0.3) is 15.9 Å². The van der Waals surface area contributed by atoms with Crippen molar-refractivity contribution < 1.29 is 17.9 Å². The summed E-state index contributed by atoms with van der Waals surface area (Å²) in [6, 6.07) is 13.1. The molecule has 128 valence electrons. The average molecular weight is 348 g/mol. The molecule has 1 amide bonds. The minimum atomic E-state index is -3.69. The van der Waals surface area contributed by atoms with Crippen molar-refractivity contribution >= 4 is 21.6 Å². The summed E-state index contributed by atoms with van der Waals surface area (Å²) >= 11 is 0. The van der Waals surface area contributed by atoms with Crippen LogP contribution in [0.4, 0.5) is 5.69 Å². The average Bonchev–Trinajstić information content (AvgIpc) is 2.56. The Morgan fingerprint density at radius 3 is 2.29 bits per heavy atom. The Kier molecular flexibility index (Phi) is 5.46. The summed E-state index contributed by atoms with van der Waals surface area (Å²) < 4.78 is 32.9. The summed E-state index contributed by atoms with van der Waals surface area (Å²) in [5, 5.41) is 2.48.